The Balaban J connectivity index is 0.00000180. The molecule has 0 amide bonds. The Bertz CT molecular complexity index is 389. The van der Waals surface area contributed by atoms with Crippen molar-refractivity contribution >= 4 is 29.9 Å². The van der Waals surface area contributed by atoms with E-state index in [1.807, 2.05) is 13.0 Å². The third kappa shape index (κ3) is 5.02. The summed E-state index contributed by atoms with van der Waals surface area (Å²) < 4.78 is 5.00. The Labute approximate surface area is 130 Å². The molecule has 1 aromatic rings. The number of halogens is 1. The highest BCUT2D eigenvalue weighted by molar-refractivity contribution is 14.0. The van der Waals surface area contributed by atoms with Crippen LogP contribution in [0.3, 0.4) is 0 Å². The highest BCUT2D eigenvalue weighted by Gasteiger charge is 2.34. The van der Waals surface area contributed by atoms with Crippen molar-refractivity contribution in [2.24, 2.45) is 4.99 Å². The van der Waals surface area contributed by atoms with E-state index in [4.69, 9.17) is 4.42 Å². The van der Waals surface area contributed by atoms with Crippen LogP contribution in [0.5, 0.6) is 0 Å². The first-order valence-corrected chi connectivity index (χ1v) is 6.47. The van der Waals surface area contributed by atoms with Gasteiger partial charge in [-0.05, 0) is 32.3 Å². The average molecular weight is 379 g/mol. The second-order valence-corrected chi connectivity index (χ2v) is 4.76. The molecule has 0 radical (unpaired) electrons. The normalized spacial score (nSPS) is 17.3. The van der Waals surface area contributed by atoms with Crippen LogP contribution in [0.25, 0.3) is 0 Å². The van der Waals surface area contributed by atoms with Gasteiger partial charge in [-0.3, -0.25) is 0 Å². The number of hydrogen-bond acceptors (Lipinski definition) is 3. The summed E-state index contributed by atoms with van der Waals surface area (Å²) in [5.74, 6) is 0.735. The number of aliphatic hydroxyl groups is 1. The van der Waals surface area contributed by atoms with E-state index < -0.39 is 5.60 Å². The molecule has 0 bridgehead atoms. The molecule has 1 aliphatic rings. The van der Waals surface area contributed by atoms with Gasteiger partial charge in [-0.1, -0.05) is 0 Å². The Hall–Kier alpha value is -0.760. The minimum Gasteiger partial charge on any atom is -0.472 e. The van der Waals surface area contributed by atoms with Crippen LogP contribution >= 0.6 is 24.0 Å². The molecule has 1 heterocycles. The smallest absolute Gasteiger partial charge is 0.191 e. The van der Waals surface area contributed by atoms with Crippen molar-refractivity contribution < 1.29 is 9.52 Å². The van der Waals surface area contributed by atoms with Gasteiger partial charge in [0.15, 0.2) is 5.96 Å². The Morgan fingerprint density at radius 3 is 2.79 bits per heavy atom. The number of aliphatic imine (C=N–C) groups is 1. The largest absolute Gasteiger partial charge is 0.472 e. The summed E-state index contributed by atoms with van der Waals surface area (Å²) in [5, 5.41) is 16.4. The van der Waals surface area contributed by atoms with Crippen LogP contribution in [0.1, 0.15) is 31.7 Å². The molecule has 0 aliphatic heterocycles. The zero-order chi connectivity index (χ0) is 12.8. The average Bonchev–Trinajstić information content (AvgIpc) is 2.83. The lowest BCUT2D eigenvalue weighted by atomic mass is 9.80. The van der Waals surface area contributed by atoms with Crippen molar-refractivity contribution in [2.45, 2.75) is 38.3 Å². The predicted molar refractivity (Wildman–Crippen MR) is 85.7 cm³/mol. The van der Waals surface area contributed by atoms with E-state index in [9.17, 15) is 5.11 Å². The first-order chi connectivity index (χ1) is 8.72. The fraction of sp³-hybridized carbons (Fsp3) is 0.615. The van der Waals surface area contributed by atoms with E-state index in [2.05, 4.69) is 15.6 Å². The summed E-state index contributed by atoms with van der Waals surface area (Å²) in [5.41, 5.74) is 0.501. The number of furan rings is 1. The van der Waals surface area contributed by atoms with Crippen LogP contribution in [0, 0.1) is 0 Å². The molecular formula is C13H22IN3O2. The number of guanidine groups is 1. The van der Waals surface area contributed by atoms with Crippen LogP contribution < -0.4 is 10.6 Å². The fourth-order valence-electron chi connectivity index (χ4n) is 1.90. The van der Waals surface area contributed by atoms with Gasteiger partial charge in [0.05, 0.1) is 24.7 Å². The lowest BCUT2D eigenvalue weighted by Gasteiger charge is -2.36. The summed E-state index contributed by atoms with van der Waals surface area (Å²) in [4.78, 5) is 4.44. The second-order valence-electron chi connectivity index (χ2n) is 4.76. The Morgan fingerprint density at radius 2 is 2.26 bits per heavy atom. The van der Waals surface area contributed by atoms with Gasteiger partial charge in [-0.15, -0.1) is 24.0 Å². The first-order valence-electron chi connectivity index (χ1n) is 6.47. The molecule has 19 heavy (non-hydrogen) atoms. The zero-order valence-electron chi connectivity index (χ0n) is 11.2. The summed E-state index contributed by atoms with van der Waals surface area (Å²) in [6.45, 7) is 3.96. The van der Waals surface area contributed by atoms with E-state index in [1.165, 1.54) is 0 Å². The number of nitrogens with one attached hydrogen (secondary N) is 2. The van der Waals surface area contributed by atoms with E-state index in [0.717, 1.165) is 37.3 Å². The minimum atomic E-state index is -0.536. The third-order valence-electron chi connectivity index (χ3n) is 3.21. The molecule has 5 nitrogen and oxygen atoms in total. The molecule has 1 aromatic heterocycles. The second kappa shape index (κ2) is 7.74. The summed E-state index contributed by atoms with van der Waals surface area (Å²) in [6, 6.07) is 1.90. The number of nitrogens with zero attached hydrogens (tertiary/aromatic N) is 1. The van der Waals surface area contributed by atoms with Crippen LogP contribution in [0.2, 0.25) is 0 Å². The molecule has 6 heteroatoms. The van der Waals surface area contributed by atoms with E-state index in [0.29, 0.717) is 13.1 Å². The molecular weight excluding hydrogens is 357 g/mol. The van der Waals surface area contributed by atoms with Crippen molar-refractivity contribution in [3.63, 3.8) is 0 Å². The van der Waals surface area contributed by atoms with Gasteiger partial charge in [0, 0.05) is 18.7 Å². The summed E-state index contributed by atoms with van der Waals surface area (Å²) in [7, 11) is 0. The lowest BCUT2D eigenvalue weighted by molar-refractivity contribution is -0.0279. The van der Waals surface area contributed by atoms with Crippen molar-refractivity contribution in [1.82, 2.24) is 10.6 Å². The lowest BCUT2D eigenvalue weighted by Crippen LogP contribution is -2.50. The quantitative estimate of drug-likeness (QED) is 0.415. The first kappa shape index (κ1) is 16.3. The SMILES string of the molecule is CCNC(=NCc1ccoc1)NCC1(O)CCC1.I. The van der Waals surface area contributed by atoms with E-state index >= 15 is 0 Å². The molecule has 1 fully saturated rings. The van der Waals surface area contributed by atoms with E-state index in [-0.39, 0.29) is 24.0 Å². The van der Waals surface area contributed by atoms with Crippen molar-refractivity contribution in [3.8, 4) is 0 Å². The van der Waals surface area contributed by atoms with Gasteiger partial charge in [-0.25, -0.2) is 4.99 Å². The molecule has 1 aliphatic carbocycles. The maximum Gasteiger partial charge on any atom is 0.191 e. The van der Waals surface area contributed by atoms with Crippen molar-refractivity contribution in [1.29, 1.82) is 0 Å². The van der Waals surface area contributed by atoms with Gasteiger partial charge in [-0.2, -0.15) is 0 Å². The van der Waals surface area contributed by atoms with Gasteiger partial charge in [0.2, 0.25) is 0 Å². The molecule has 0 saturated heterocycles. The molecule has 0 aromatic carbocycles. The predicted octanol–water partition coefficient (Wildman–Crippen LogP) is 1.87. The molecule has 1 saturated carbocycles. The van der Waals surface area contributed by atoms with Gasteiger partial charge >= 0.3 is 0 Å². The zero-order valence-corrected chi connectivity index (χ0v) is 13.5. The maximum absolute atomic E-state index is 10.0. The van der Waals surface area contributed by atoms with Crippen LogP contribution in [-0.4, -0.2) is 29.8 Å². The maximum atomic E-state index is 10.0. The summed E-state index contributed by atoms with van der Waals surface area (Å²) >= 11 is 0. The molecule has 2 rings (SSSR count). The Morgan fingerprint density at radius 1 is 1.47 bits per heavy atom. The van der Waals surface area contributed by atoms with Crippen LogP contribution in [0.15, 0.2) is 28.0 Å². The standard InChI is InChI=1S/C13H21N3O2.HI/c1-2-14-12(15-8-11-4-7-18-9-11)16-10-13(17)5-3-6-13;/h4,7,9,17H,2-3,5-6,8,10H2,1H3,(H2,14,15,16);1H. The molecule has 0 spiro atoms. The number of hydrogen-bond donors (Lipinski definition) is 3. The van der Waals surface area contributed by atoms with Crippen LogP contribution in [-0.2, 0) is 6.54 Å². The summed E-state index contributed by atoms with van der Waals surface area (Å²) in [6.07, 6.45) is 6.19. The highest BCUT2D eigenvalue weighted by atomic mass is 127. The van der Waals surface area contributed by atoms with Gasteiger partial charge in [0.25, 0.3) is 0 Å². The monoisotopic (exact) mass is 379 g/mol. The minimum absolute atomic E-state index is 0. The molecule has 3 N–H and O–H groups in total. The third-order valence-corrected chi connectivity index (χ3v) is 3.21. The number of rotatable bonds is 5. The Kier molecular flexibility index (Phi) is 6.64. The topological polar surface area (TPSA) is 69.8 Å². The molecule has 0 unspecified atom stereocenters. The van der Waals surface area contributed by atoms with Gasteiger partial charge in [0.1, 0.15) is 0 Å². The van der Waals surface area contributed by atoms with E-state index in [1.54, 1.807) is 12.5 Å². The molecule has 0 atom stereocenters. The molecule has 108 valence electrons. The van der Waals surface area contributed by atoms with Gasteiger partial charge < -0.3 is 20.2 Å². The van der Waals surface area contributed by atoms with Crippen LogP contribution in [0.4, 0.5) is 0 Å². The fourth-order valence-corrected chi connectivity index (χ4v) is 1.90. The van der Waals surface area contributed by atoms with Crippen molar-refractivity contribution in [2.75, 3.05) is 13.1 Å². The van der Waals surface area contributed by atoms with Crippen molar-refractivity contribution in [3.05, 3.63) is 24.2 Å². The highest BCUT2D eigenvalue weighted by Crippen LogP contribution is 2.30.